The van der Waals surface area contributed by atoms with Crippen LogP contribution in [0.1, 0.15) is 88.6 Å². The summed E-state index contributed by atoms with van der Waals surface area (Å²) in [4.78, 5) is 24.7. The standard InChI is InChI=1S/C21H32N6O3S2/c1-6-20(2,3)16(29)22-18-26-24-14(31-18)12-8-7-9-13(10-12)15-25-27-19(32-15)23-17(30)21(4,5)11-28/h12-13,28H,6-11H2,1-5H3,(H,22,26,29)(H,23,27,30)/t12-,13-/m1/s1. The number of aromatic nitrogens is 4. The molecule has 1 aliphatic rings. The van der Waals surface area contributed by atoms with Crippen molar-refractivity contribution in [2.75, 3.05) is 17.2 Å². The first-order valence-corrected chi connectivity index (χ1v) is 12.6. The highest BCUT2D eigenvalue weighted by Crippen LogP contribution is 2.43. The maximum atomic E-state index is 12.4. The van der Waals surface area contributed by atoms with E-state index >= 15 is 0 Å². The first-order valence-electron chi connectivity index (χ1n) is 11.0. The Kier molecular flexibility index (Phi) is 7.61. The summed E-state index contributed by atoms with van der Waals surface area (Å²) in [6, 6.07) is 0. The Morgan fingerprint density at radius 3 is 1.81 bits per heavy atom. The van der Waals surface area contributed by atoms with Gasteiger partial charge in [-0.3, -0.25) is 14.9 Å². The molecule has 0 bridgehead atoms. The maximum Gasteiger partial charge on any atom is 0.234 e. The highest BCUT2D eigenvalue weighted by Gasteiger charge is 2.32. The van der Waals surface area contributed by atoms with Crippen LogP contribution in [0.3, 0.4) is 0 Å². The Bertz CT molecular complexity index is 881. The van der Waals surface area contributed by atoms with Crippen LogP contribution < -0.4 is 10.6 Å². The third-order valence-corrected chi connectivity index (χ3v) is 8.21. The van der Waals surface area contributed by atoms with E-state index in [1.807, 2.05) is 20.8 Å². The molecule has 3 N–H and O–H groups in total. The zero-order valence-electron chi connectivity index (χ0n) is 19.3. The smallest absolute Gasteiger partial charge is 0.234 e. The van der Waals surface area contributed by atoms with Crippen LogP contribution in [-0.2, 0) is 9.59 Å². The lowest BCUT2D eigenvalue weighted by atomic mass is 9.82. The molecule has 3 rings (SSSR count). The number of anilines is 2. The molecule has 1 aliphatic carbocycles. The predicted octanol–water partition coefficient (Wildman–Crippen LogP) is 4.16. The average Bonchev–Trinajstić information content (AvgIpc) is 3.43. The van der Waals surface area contributed by atoms with E-state index in [1.54, 1.807) is 13.8 Å². The molecule has 2 amide bonds. The van der Waals surface area contributed by atoms with Crippen LogP contribution in [0.5, 0.6) is 0 Å². The minimum atomic E-state index is -0.876. The van der Waals surface area contributed by atoms with Gasteiger partial charge < -0.3 is 10.4 Å². The molecule has 2 heterocycles. The van der Waals surface area contributed by atoms with Crippen LogP contribution in [-0.4, -0.2) is 43.9 Å². The monoisotopic (exact) mass is 480 g/mol. The van der Waals surface area contributed by atoms with Gasteiger partial charge in [-0.2, -0.15) is 0 Å². The molecule has 0 radical (unpaired) electrons. The molecule has 2 aromatic rings. The highest BCUT2D eigenvalue weighted by atomic mass is 32.1. The van der Waals surface area contributed by atoms with Crippen molar-refractivity contribution in [2.45, 2.75) is 78.6 Å². The predicted molar refractivity (Wildman–Crippen MR) is 126 cm³/mol. The van der Waals surface area contributed by atoms with Gasteiger partial charge in [-0.15, -0.1) is 20.4 Å². The lowest BCUT2D eigenvalue weighted by molar-refractivity contribution is -0.126. The van der Waals surface area contributed by atoms with Crippen molar-refractivity contribution in [3.8, 4) is 0 Å². The molecular weight excluding hydrogens is 448 g/mol. The molecule has 0 unspecified atom stereocenters. The number of hydrogen-bond donors (Lipinski definition) is 3. The van der Waals surface area contributed by atoms with Crippen LogP contribution in [0, 0.1) is 10.8 Å². The summed E-state index contributed by atoms with van der Waals surface area (Å²) in [5.41, 5.74) is -1.32. The van der Waals surface area contributed by atoms with Crippen molar-refractivity contribution in [3.63, 3.8) is 0 Å². The van der Waals surface area contributed by atoms with Gasteiger partial charge in [0, 0.05) is 17.3 Å². The normalized spacial score (nSPS) is 19.6. The first kappa shape index (κ1) is 24.7. The molecule has 0 aliphatic heterocycles. The Morgan fingerprint density at radius 2 is 1.38 bits per heavy atom. The third kappa shape index (κ3) is 5.68. The van der Waals surface area contributed by atoms with E-state index in [9.17, 15) is 14.7 Å². The maximum absolute atomic E-state index is 12.4. The molecule has 9 nitrogen and oxygen atoms in total. The highest BCUT2D eigenvalue weighted by molar-refractivity contribution is 7.15. The third-order valence-electron chi connectivity index (χ3n) is 6.20. The molecule has 0 spiro atoms. The minimum absolute atomic E-state index is 0.0444. The van der Waals surface area contributed by atoms with Gasteiger partial charge in [0.1, 0.15) is 10.0 Å². The SMILES string of the molecule is CCC(C)(C)C(=O)Nc1nnc([C@@H]2CCC[C@@H](c3nnc(NC(=O)C(C)(C)CO)s3)C2)s1. The number of aliphatic hydroxyl groups excluding tert-OH is 1. The number of aliphatic hydroxyl groups is 1. The molecule has 2 atom stereocenters. The number of rotatable bonds is 8. The first-order chi connectivity index (χ1) is 15.1. The Balaban J connectivity index is 1.63. The molecule has 2 aromatic heterocycles. The second kappa shape index (κ2) is 9.88. The summed E-state index contributed by atoms with van der Waals surface area (Å²) in [6.07, 6.45) is 4.70. The van der Waals surface area contributed by atoms with E-state index in [0.717, 1.165) is 42.1 Å². The largest absolute Gasteiger partial charge is 0.395 e. The molecular formula is C21H32N6O3S2. The summed E-state index contributed by atoms with van der Waals surface area (Å²) in [6.45, 7) is 8.94. The van der Waals surface area contributed by atoms with Crippen molar-refractivity contribution in [3.05, 3.63) is 10.0 Å². The van der Waals surface area contributed by atoms with Crippen molar-refractivity contribution in [1.29, 1.82) is 0 Å². The van der Waals surface area contributed by atoms with Crippen molar-refractivity contribution in [1.82, 2.24) is 20.4 Å². The summed E-state index contributed by atoms with van der Waals surface area (Å²) < 4.78 is 0. The fraction of sp³-hybridized carbons (Fsp3) is 0.714. The Hall–Kier alpha value is -1.98. The summed E-state index contributed by atoms with van der Waals surface area (Å²) in [5, 5.41) is 34.8. The Labute approximate surface area is 196 Å². The Morgan fingerprint density at radius 1 is 0.906 bits per heavy atom. The molecule has 0 aromatic carbocycles. The lowest BCUT2D eigenvalue weighted by Crippen LogP contribution is -2.33. The summed E-state index contributed by atoms with van der Waals surface area (Å²) >= 11 is 2.83. The molecule has 11 heteroatoms. The van der Waals surface area contributed by atoms with Crippen LogP contribution >= 0.6 is 22.7 Å². The average molecular weight is 481 g/mol. The van der Waals surface area contributed by atoms with Crippen molar-refractivity contribution >= 4 is 44.8 Å². The van der Waals surface area contributed by atoms with Gasteiger partial charge in [0.15, 0.2) is 0 Å². The van der Waals surface area contributed by atoms with Gasteiger partial charge in [0.2, 0.25) is 22.1 Å². The van der Waals surface area contributed by atoms with Gasteiger partial charge in [-0.1, -0.05) is 49.9 Å². The quantitative estimate of drug-likeness (QED) is 0.517. The molecule has 32 heavy (non-hydrogen) atoms. The second-order valence-electron chi connectivity index (χ2n) is 9.64. The van der Waals surface area contributed by atoms with Crippen LogP contribution in [0.4, 0.5) is 10.3 Å². The fourth-order valence-corrected chi connectivity index (χ4v) is 5.08. The second-order valence-corrected chi connectivity index (χ2v) is 11.7. The summed E-state index contributed by atoms with van der Waals surface area (Å²) in [7, 11) is 0. The van der Waals surface area contributed by atoms with Crippen molar-refractivity contribution in [2.24, 2.45) is 10.8 Å². The van der Waals surface area contributed by atoms with Crippen LogP contribution in [0.2, 0.25) is 0 Å². The van der Waals surface area contributed by atoms with Crippen LogP contribution in [0.15, 0.2) is 0 Å². The van der Waals surface area contributed by atoms with E-state index in [0.29, 0.717) is 10.3 Å². The molecule has 0 saturated heterocycles. The van der Waals surface area contributed by atoms with Gasteiger partial charge in [0.05, 0.1) is 12.0 Å². The van der Waals surface area contributed by atoms with E-state index < -0.39 is 10.8 Å². The zero-order chi connectivity index (χ0) is 23.5. The topological polar surface area (TPSA) is 130 Å². The zero-order valence-corrected chi connectivity index (χ0v) is 20.9. The number of carbonyl (C=O) groups excluding carboxylic acids is 2. The number of nitrogens with zero attached hydrogens (tertiary/aromatic N) is 4. The van der Waals surface area contributed by atoms with E-state index in [-0.39, 0.29) is 30.3 Å². The number of nitrogens with one attached hydrogen (secondary N) is 2. The number of amides is 2. The van der Waals surface area contributed by atoms with Gasteiger partial charge in [-0.25, -0.2) is 0 Å². The van der Waals surface area contributed by atoms with Crippen molar-refractivity contribution < 1.29 is 14.7 Å². The molecule has 1 saturated carbocycles. The van der Waals surface area contributed by atoms with Gasteiger partial charge in [0.25, 0.3) is 0 Å². The number of carbonyl (C=O) groups is 2. The molecule has 176 valence electrons. The number of hydrogen-bond acceptors (Lipinski definition) is 9. The molecule has 1 fully saturated rings. The van der Waals surface area contributed by atoms with Gasteiger partial charge >= 0.3 is 0 Å². The van der Waals surface area contributed by atoms with Crippen LogP contribution in [0.25, 0.3) is 0 Å². The summed E-state index contributed by atoms with van der Waals surface area (Å²) in [5.74, 6) is 0.172. The fourth-order valence-electron chi connectivity index (χ4n) is 3.30. The van der Waals surface area contributed by atoms with Gasteiger partial charge in [-0.05, 0) is 39.5 Å². The van der Waals surface area contributed by atoms with E-state index in [2.05, 4.69) is 31.0 Å². The lowest BCUT2D eigenvalue weighted by Gasteiger charge is -2.25. The van der Waals surface area contributed by atoms with E-state index in [1.165, 1.54) is 22.7 Å². The van der Waals surface area contributed by atoms with E-state index in [4.69, 9.17) is 0 Å². The minimum Gasteiger partial charge on any atom is -0.395 e.